The van der Waals surface area contributed by atoms with Crippen LogP contribution in [-0.2, 0) is 11.2 Å². The molecule has 1 aromatic rings. The summed E-state index contributed by atoms with van der Waals surface area (Å²) in [5, 5.41) is 10.2. The number of halogens is 2. The molecule has 0 radical (unpaired) electrons. The molecule has 0 atom stereocenters. The number of hydrogen-bond donors (Lipinski definition) is 1. The minimum Gasteiger partial charge on any atom is -0.481 e. The zero-order chi connectivity index (χ0) is 12.3. The van der Waals surface area contributed by atoms with Crippen LogP contribution in [0.1, 0.15) is 25.8 Å². The van der Waals surface area contributed by atoms with E-state index in [9.17, 15) is 4.79 Å². The summed E-state index contributed by atoms with van der Waals surface area (Å²) in [6.45, 7) is 3.40. The zero-order valence-electron chi connectivity index (χ0n) is 9.26. The Morgan fingerprint density at radius 3 is 2.56 bits per heavy atom. The summed E-state index contributed by atoms with van der Waals surface area (Å²) in [6, 6.07) is 5.23. The van der Waals surface area contributed by atoms with Gasteiger partial charge >= 0.3 is 5.97 Å². The first-order valence-electron chi connectivity index (χ1n) is 5.00. The smallest absolute Gasteiger partial charge is 0.309 e. The van der Waals surface area contributed by atoms with Crippen LogP contribution in [0.2, 0.25) is 10.0 Å². The van der Waals surface area contributed by atoms with Gasteiger partial charge in [-0.25, -0.2) is 0 Å². The Morgan fingerprint density at radius 2 is 2.00 bits per heavy atom. The van der Waals surface area contributed by atoms with Crippen LogP contribution >= 0.6 is 23.2 Å². The largest absolute Gasteiger partial charge is 0.481 e. The molecule has 0 bridgehead atoms. The maximum atomic E-state index is 10.9. The number of rotatable bonds is 4. The predicted octanol–water partition coefficient (Wildman–Crippen LogP) is 4.04. The lowest BCUT2D eigenvalue weighted by molar-refractivity contribution is -0.147. The fourth-order valence-corrected chi connectivity index (χ4v) is 1.70. The van der Waals surface area contributed by atoms with E-state index >= 15 is 0 Å². The Labute approximate surface area is 105 Å². The summed E-state index contributed by atoms with van der Waals surface area (Å²) in [5.41, 5.74) is 0.148. The van der Waals surface area contributed by atoms with Gasteiger partial charge in [-0.2, -0.15) is 0 Å². The lowest BCUT2D eigenvalue weighted by atomic mass is 9.86. The molecule has 0 aliphatic heterocycles. The molecule has 1 rings (SSSR count). The lowest BCUT2D eigenvalue weighted by Crippen LogP contribution is -2.24. The molecule has 88 valence electrons. The predicted molar refractivity (Wildman–Crippen MR) is 66.2 cm³/mol. The van der Waals surface area contributed by atoms with E-state index in [1.54, 1.807) is 32.0 Å². The number of aliphatic carboxylic acids is 1. The van der Waals surface area contributed by atoms with Crippen molar-refractivity contribution in [1.29, 1.82) is 0 Å². The molecule has 0 aromatic heterocycles. The molecule has 1 N–H and O–H groups in total. The zero-order valence-corrected chi connectivity index (χ0v) is 10.8. The van der Waals surface area contributed by atoms with Crippen LogP contribution in [0.15, 0.2) is 18.2 Å². The first kappa shape index (κ1) is 13.3. The van der Waals surface area contributed by atoms with Gasteiger partial charge in [0.25, 0.3) is 0 Å². The van der Waals surface area contributed by atoms with Crippen LogP contribution in [0.25, 0.3) is 0 Å². The van der Waals surface area contributed by atoms with Crippen molar-refractivity contribution in [1.82, 2.24) is 0 Å². The molecule has 0 spiro atoms. The Morgan fingerprint density at radius 1 is 1.38 bits per heavy atom. The van der Waals surface area contributed by atoms with Gasteiger partial charge in [0.1, 0.15) is 0 Å². The fraction of sp³-hybridized carbons (Fsp3) is 0.417. The van der Waals surface area contributed by atoms with Gasteiger partial charge in [0, 0.05) is 10.0 Å². The van der Waals surface area contributed by atoms with E-state index in [1.165, 1.54) is 0 Å². The monoisotopic (exact) mass is 260 g/mol. The van der Waals surface area contributed by atoms with Gasteiger partial charge in [-0.1, -0.05) is 23.2 Å². The van der Waals surface area contributed by atoms with Crippen molar-refractivity contribution < 1.29 is 9.90 Å². The molecule has 0 saturated heterocycles. The van der Waals surface area contributed by atoms with Crippen molar-refractivity contribution in [2.45, 2.75) is 26.7 Å². The van der Waals surface area contributed by atoms with Crippen LogP contribution in [0, 0.1) is 5.41 Å². The van der Waals surface area contributed by atoms with Crippen molar-refractivity contribution in [3.05, 3.63) is 33.8 Å². The second-order valence-corrected chi connectivity index (χ2v) is 5.27. The molecular weight excluding hydrogens is 247 g/mol. The Bertz CT molecular complexity index is 400. The molecule has 2 nitrogen and oxygen atoms in total. The number of hydrogen-bond acceptors (Lipinski definition) is 1. The van der Waals surface area contributed by atoms with Crippen molar-refractivity contribution >= 4 is 29.2 Å². The maximum absolute atomic E-state index is 10.9. The highest BCUT2D eigenvalue weighted by Gasteiger charge is 2.26. The van der Waals surface area contributed by atoms with Crippen LogP contribution in [-0.4, -0.2) is 11.1 Å². The first-order valence-corrected chi connectivity index (χ1v) is 5.76. The quantitative estimate of drug-likeness (QED) is 0.888. The standard InChI is InChI=1S/C12H14Cl2O2/c1-12(2,11(15)16)6-5-8-7-9(13)3-4-10(8)14/h3-4,7H,5-6H2,1-2H3,(H,15,16). The van der Waals surface area contributed by atoms with Gasteiger partial charge < -0.3 is 5.11 Å². The molecule has 0 amide bonds. The van der Waals surface area contributed by atoms with E-state index in [1.807, 2.05) is 0 Å². The van der Waals surface area contributed by atoms with Gasteiger partial charge in [0.05, 0.1) is 5.41 Å². The van der Waals surface area contributed by atoms with E-state index in [0.29, 0.717) is 22.9 Å². The lowest BCUT2D eigenvalue weighted by Gasteiger charge is -2.19. The van der Waals surface area contributed by atoms with Crippen LogP contribution in [0.3, 0.4) is 0 Å². The topological polar surface area (TPSA) is 37.3 Å². The molecule has 0 aliphatic rings. The third-order valence-corrected chi connectivity index (χ3v) is 3.21. The first-order chi connectivity index (χ1) is 7.33. The third-order valence-electron chi connectivity index (χ3n) is 2.61. The summed E-state index contributed by atoms with van der Waals surface area (Å²) in [6.07, 6.45) is 1.14. The molecule has 16 heavy (non-hydrogen) atoms. The molecule has 0 aliphatic carbocycles. The normalized spacial score (nSPS) is 11.5. The van der Waals surface area contributed by atoms with Gasteiger partial charge in [-0.15, -0.1) is 0 Å². The van der Waals surface area contributed by atoms with Gasteiger partial charge in [-0.3, -0.25) is 4.79 Å². The van der Waals surface area contributed by atoms with E-state index in [-0.39, 0.29) is 0 Å². The van der Waals surface area contributed by atoms with Crippen molar-refractivity contribution in [2.75, 3.05) is 0 Å². The highest BCUT2D eigenvalue weighted by Crippen LogP contribution is 2.27. The molecule has 1 aromatic carbocycles. The fourth-order valence-electron chi connectivity index (χ4n) is 1.29. The Hall–Kier alpha value is -0.730. The van der Waals surface area contributed by atoms with E-state index < -0.39 is 11.4 Å². The molecule has 0 heterocycles. The van der Waals surface area contributed by atoms with Gasteiger partial charge in [-0.05, 0) is 50.5 Å². The second kappa shape index (κ2) is 5.07. The summed E-state index contributed by atoms with van der Waals surface area (Å²) in [5.74, 6) is -0.800. The highest BCUT2D eigenvalue weighted by atomic mass is 35.5. The minimum atomic E-state index is -0.800. The van der Waals surface area contributed by atoms with Gasteiger partial charge in [0.2, 0.25) is 0 Å². The Kier molecular flexibility index (Phi) is 4.22. The minimum absolute atomic E-state index is 0.530. The molecule has 4 heteroatoms. The molecule has 0 saturated carbocycles. The summed E-state index contributed by atoms with van der Waals surface area (Å²) in [7, 11) is 0. The van der Waals surface area contributed by atoms with Crippen LogP contribution < -0.4 is 0 Å². The molecule has 0 unspecified atom stereocenters. The number of carbonyl (C=O) groups is 1. The summed E-state index contributed by atoms with van der Waals surface area (Å²) in [4.78, 5) is 10.9. The average Bonchev–Trinajstić information content (AvgIpc) is 2.19. The van der Waals surface area contributed by atoms with Crippen molar-refractivity contribution in [3.8, 4) is 0 Å². The maximum Gasteiger partial charge on any atom is 0.309 e. The van der Waals surface area contributed by atoms with Crippen molar-refractivity contribution in [3.63, 3.8) is 0 Å². The average molecular weight is 261 g/mol. The highest BCUT2D eigenvalue weighted by molar-refractivity contribution is 6.33. The van der Waals surface area contributed by atoms with E-state index in [4.69, 9.17) is 28.3 Å². The van der Waals surface area contributed by atoms with E-state index in [2.05, 4.69) is 0 Å². The Balaban J connectivity index is 2.75. The number of aryl methyl sites for hydroxylation is 1. The third kappa shape index (κ3) is 3.39. The van der Waals surface area contributed by atoms with Crippen molar-refractivity contribution in [2.24, 2.45) is 5.41 Å². The van der Waals surface area contributed by atoms with Gasteiger partial charge in [0.15, 0.2) is 0 Å². The SMILES string of the molecule is CC(C)(CCc1cc(Cl)ccc1Cl)C(=O)O. The number of carboxylic acids is 1. The molecular formula is C12H14Cl2O2. The van der Waals surface area contributed by atoms with E-state index in [0.717, 1.165) is 5.56 Å². The number of benzene rings is 1. The molecule has 0 fully saturated rings. The van der Waals surface area contributed by atoms with Crippen LogP contribution in [0.4, 0.5) is 0 Å². The second-order valence-electron chi connectivity index (χ2n) is 4.42. The summed E-state index contributed by atoms with van der Waals surface area (Å²) < 4.78 is 0. The number of carboxylic acid groups (broad SMARTS) is 1. The van der Waals surface area contributed by atoms with Crippen LogP contribution in [0.5, 0.6) is 0 Å². The summed E-state index contributed by atoms with van der Waals surface area (Å²) >= 11 is 11.9.